The molecular formula is C17H16N4. The van der Waals surface area contributed by atoms with Gasteiger partial charge in [0.25, 0.3) is 0 Å². The summed E-state index contributed by atoms with van der Waals surface area (Å²) in [6.45, 7) is 3.99. The van der Waals surface area contributed by atoms with Crippen LogP contribution in [0.25, 0.3) is 5.70 Å². The Morgan fingerprint density at radius 3 is 3.14 bits per heavy atom. The number of hydrogen-bond acceptors (Lipinski definition) is 3. The van der Waals surface area contributed by atoms with Crippen LogP contribution in [-0.4, -0.2) is 16.0 Å². The molecule has 104 valence electrons. The molecule has 0 fully saturated rings. The summed E-state index contributed by atoms with van der Waals surface area (Å²) in [7, 11) is 1.88. The van der Waals surface area contributed by atoms with E-state index in [9.17, 15) is 0 Å². The van der Waals surface area contributed by atoms with Gasteiger partial charge < -0.3 is 0 Å². The van der Waals surface area contributed by atoms with Gasteiger partial charge in [0.05, 0.1) is 23.5 Å². The van der Waals surface area contributed by atoms with E-state index in [1.807, 2.05) is 37.7 Å². The minimum Gasteiger partial charge on any atom is -0.275 e. The highest BCUT2D eigenvalue weighted by Crippen LogP contribution is 2.32. The Morgan fingerprint density at radius 1 is 1.57 bits per heavy atom. The monoisotopic (exact) mass is 276 g/mol. The van der Waals surface area contributed by atoms with Gasteiger partial charge in [-0.05, 0) is 36.1 Å². The molecule has 1 aliphatic rings. The Balaban J connectivity index is 1.78. The van der Waals surface area contributed by atoms with E-state index >= 15 is 0 Å². The molecule has 0 saturated carbocycles. The lowest BCUT2D eigenvalue weighted by atomic mass is 10.0. The standard InChI is InChI=1S/C17H16N4/c1-12(16-10-20-21(2)11-16)19-9-15-5-4-14-7-13(8-18)3-6-17(14)15/h3,6-7,9-11,15H,1,4-5H2,2H3/b19-9+. The van der Waals surface area contributed by atoms with Crippen LogP contribution < -0.4 is 0 Å². The molecule has 0 bridgehead atoms. The number of benzene rings is 1. The van der Waals surface area contributed by atoms with Crippen molar-refractivity contribution in [2.45, 2.75) is 18.8 Å². The quantitative estimate of drug-likeness (QED) is 0.809. The maximum atomic E-state index is 8.94. The fourth-order valence-corrected chi connectivity index (χ4v) is 2.70. The smallest absolute Gasteiger partial charge is 0.0991 e. The first-order valence-electron chi connectivity index (χ1n) is 6.92. The molecule has 1 heterocycles. The van der Waals surface area contributed by atoms with E-state index in [1.54, 1.807) is 10.9 Å². The van der Waals surface area contributed by atoms with Crippen LogP contribution >= 0.6 is 0 Å². The molecule has 1 aromatic carbocycles. The van der Waals surface area contributed by atoms with Crippen LogP contribution in [0, 0.1) is 11.3 Å². The van der Waals surface area contributed by atoms with E-state index in [4.69, 9.17) is 5.26 Å². The minimum absolute atomic E-state index is 0.307. The Morgan fingerprint density at radius 2 is 2.43 bits per heavy atom. The fraction of sp³-hybridized carbons (Fsp3) is 0.235. The van der Waals surface area contributed by atoms with Gasteiger partial charge in [0.2, 0.25) is 0 Å². The topological polar surface area (TPSA) is 54.0 Å². The van der Waals surface area contributed by atoms with E-state index in [-0.39, 0.29) is 0 Å². The zero-order valence-electron chi connectivity index (χ0n) is 12.0. The number of nitriles is 1. The lowest BCUT2D eigenvalue weighted by molar-refractivity contribution is 0.767. The average molecular weight is 276 g/mol. The summed E-state index contributed by atoms with van der Waals surface area (Å²) in [4.78, 5) is 4.49. The molecule has 4 heteroatoms. The van der Waals surface area contributed by atoms with Gasteiger partial charge >= 0.3 is 0 Å². The molecule has 0 amide bonds. The molecule has 0 radical (unpaired) electrons. The Hall–Kier alpha value is -2.67. The summed E-state index contributed by atoms with van der Waals surface area (Å²) >= 11 is 0. The number of aliphatic imine (C=N–C) groups is 1. The number of hydrogen-bond donors (Lipinski definition) is 0. The second-order valence-corrected chi connectivity index (χ2v) is 5.30. The summed E-state index contributed by atoms with van der Waals surface area (Å²) < 4.78 is 1.74. The molecule has 3 rings (SSSR count). The fourth-order valence-electron chi connectivity index (χ4n) is 2.70. The van der Waals surface area contributed by atoms with Gasteiger partial charge in [0.1, 0.15) is 0 Å². The van der Waals surface area contributed by atoms with Crippen LogP contribution in [0.15, 0.2) is 42.2 Å². The van der Waals surface area contributed by atoms with E-state index in [1.165, 1.54) is 11.1 Å². The minimum atomic E-state index is 0.307. The maximum absolute atomic E-state index is 8.94. The van der Waals surface area contributed by atoms with Gasteiger partial charge in [0, 0.05) is 30.9 Å². The van der Waals surface area contributed by atoms with Crippen molar-refractivity contribution in [3.05, 3.63) is 59.4 Å². The summed E-state index contributed by atoms with van der Waals surface area (Å²) in [5.41, 5.74) is 4.93. The van der Waals surface area contributed by atoms with E-state index in [0.29, 0.717) is 5.92 Å². The molecule has 2 aromatic rings. The molecule has 4 nitrogen and oxygen atoms in total. The highest BCUT2D eigenvalue weighted by atomic mass is 15.2. The van der Waals surface area contributed by atoms with Crippen LogP contribution in [0.4, 0.5) is 0 Å². The second kappa shape index (κ2) is 5.37. The van der Waals surface area contributed by atoms with Gasteiger partial charge in [0.15, 0.2) is 0 Å². The van der Waals surface area contributed by atoms with Gasteiger partial charge in [-0.3, -0.25) is 9.67 Å². The predicted molar refractivity (Wildman–Crippen MR) is 83.0 cm³/mol. The zero-order chi connectivity index (χ0) is 14.8. The number of fused-ring (bicyclic) bond motifs is 1. The molecule has 1 aliphatic carbocycles. The van der Waals surface area contributed by atoms with Crippen molar-refractivity contribution in [2.75, 3.05) is 0 Å². The summed E-state index contributed by atoms with van der Waals surface area (Å²) in [6.07, 6.45) is 7.67. The van der Waals surface area contributed by atoms with Gasteiger partial charge in [-0.15, -0.1) is 0 Å². The van der Waals surface area contributed by atoms with E-state index in [2.05, 4.69) is 22.7 Å². The maximum Gasteiger partial charge on any atom is 0.0991 e. The molecule has 1 aromatic heterocycles. The molecule has 21 heavy (non-hydrogen) atoms. The van der Waals surface area contributed by atoms with Crippen molar-refractivity contribution in [1.82, 2.24) is 9.78 Å². The first kappa shape index (κ1) is 13.3. The van der Waals surface area contributed by atoms with E-state index < -0.39 is 0 Å². The van der Waals surface area contributed by atoms with Gasteiger partial charge in [-0.1, -0.05) is 12.6 Å². The Bertz CT molecular complexity index is 761. The number of aromatic nitrogens is 2. The van der Waals surface area contributed by atoms with Crippen molar-refractivity contribution < 1.29 is 0 Å². The Labute approximate surface area is 124 Å². The molecule has 0 aliphatic heterocycles. The first-order chi connectivity index (χ1) is 10.2. The third-order valence-corrected chi connectivity index (χ3v) is 3.84. The molecule has 0 N–H and O–H groups in total. The number of aryl methyl sites for hydroxylation is 2. The average Bonchev–Trinajstić information content (AvgIpc) is 3.10. The van der Waals surface area contributed by atoms with Crippen molar-refractivity contribution in [3.8, 4) is 6.07 Å². The van der Waals surface area contributed by atoms with Crippen LogP contribution in [0.1, 0.15) is 34.6 Å². The first-order valence-corrected chi connectivity index (χ1v) is 6.92. The summed E-state index contributed by atoms with van der Waals surface area (Å²) in [5.74, 6) is 0.307. The van der Waals surface area contributed by atoms with Crippen molar-refractivity contribution in [3.63, 3.8) is 0 Å². The van der Waals surface area contributed by atoms with Crippen LogP contribution in [0.3, 0.4) is 0 Å². The van der Waals surface area contributed by atoms with Gasteiger partial charge in [-0.25, -0.2) is 0 Å². The largest absolute Gasteiger partial charge is 0.275 e. The zero-order valence-corrected chi connectivity index (χ0v) is 12.0. The summed E-state index contributed by atoms with van der Waals surface area (Å²) in [5, 5.41) is 13.1. The van der Waals surface area contributed by atoms with Gasteiger partial charge in [-0.2, -0.15) is 10.4 Å². The molecule has 0 saturated heterocycles. The highest BCUT2D eigenvalue weighted by molar-refractivity contribution is 5.78. The third-order valence-electron chi connectivity index (χ3n) is 3.84. The number of rotatable bonds is 3. The second-order valence-electron chi connectivity index (χ2n) is 5.30. The third kappa shape index (κ3) is 2.63. The van der Waals surface area contributed by atoms with Crippen LogP contribution in [0.5, 0.6) is 0 Å². The molecular weight excluding hydrogens is 260 g/mol. The van der Waals surface area contributed by atoms with Crippen molar-refractivity contribution in [2.24, 2.45) is 12.0 Å². The van der Waals surface area contributed by atoms with Crippen LogP contribution in [-0.2, 0) is 13.5 Å². The highest BCUT2D eigenvalue weighted by Gasteiger charge is 2.21. The number of nitrogens with zero attached hydrogens (tertiary/aromatic N) is 4. The summed E-state index contributed by atoms with van der Waals surface area (Å²) in [6, 6.07) is 8.10. The normalized spacial score (nSPS) is 16.9. The molecule has 1 unspecified atom stereocenters. The Kier molecular flexibility index (Phi) is 3.41. The predicted octanol–water partition coefficient (Wildman–Crippen LogP) is 3.06. The van der Waals surface area contributed by atoms with E-state index in [0.717, 1.165) is 29.7 Å². The SMILES string of the molecule is C=C(/N=C/C1CCc2cc(C#N)ccc21)c1cnn(C)c1. The lowest BCUT2D eigenvalue weighted by Gasteiger charge is -2.05. The van der Waals surface area contributed by atoms with Crippen LogP contribution in [0.2, 0.25) is 0 Å². The molecule has 1 atom stereocenters. The van der Waals surface area contributed by atoms with Crippen molar-refractivity contribution in [1.29, 1.82) is 5.26 Å². The molecule has 0 spiro atoms. The van der Waals surface area contributed by atoms with Crippen molar-refractivity contribution >= 4 is 11.9 Å². The lowest BCUT2D eigenvalue weighted by Crippen LogP contribution is -1.95.